The Labute approximate surface area is 253 Å². The fraction of sp³-hybridized carbons (Fsp3) is 0.118. The first-order valence-electron chi connectivity index (χ1n) is 13.4. The Bertz CT molecular complexity index is 1750. The van der Waals surface area contributed by atoms with Gasteiger partial charge >= 0.3 is 5.97 Å². The smallest absolute Gasteiger partial charge is 0.335 e. The molecule has 0 atom stereocenters. The standard InChI is InChI=1S/C34H27Cl2FN2O3/c1-2-17-42-27-13-15-31(37)29(19-27)24-8-3-22(4-9-24)7-16-33-38-32(28-14-12-26(35)18-30(28)36)21-39(33)20-23-5-10-25(11-6-23)34(40)41/h3-16,18-19,21H,2,17,20H2,1H3,(H,40,41). The molecule has 0 bridgehead atoms. The first kappa shape index (κ1) is 29.1. The van der Waals surface area contributed by atoms with Crippen LogP contribution in [0.1, 0.15) is 40.7 Å². The van der Waals surface area contributed by atoms with Crippen molar-refractivity contribution < 1.29 is 19.0 Å². The summed E-state index contributed by atoms with van der Waals surface area (Å²) in [5.74, 6) is 0.0279. The fourth-order valence-electron chi connectivity index (χ4n) is 4.45. The van der Waals surface area contributed by atoms with Crippen LogP contribution in [0.5, 0.6) is 5.75 Å². The number of rotatable bonds is 10. The van der Waals surface area contributed by atoms with Gasteiger partial charge in [-0.15, -0.1) is 0 Å². The van der Waals surface area contributed by atoms with Gasteiger partial charge in [0.05, 0.1) is 22.9 Å². The zero-order valence-corrected chi connectivity index (χ0v) is 24.2. The average molecular weight is 602 g/mol. The summed E-state index contributed by atoms with van der Waals surface area (Å²) in [7, 11) is 0. The predicted octanol–water partition coefficient (Wildman–Crippen LogP) is 9.37. The van der Waals surface area contributed by atoms with Gasteiger partial charge in [0.1, 0.15) is 17.4 Å². The van der Waals surface area contributed by atoms with Crippen LogP contribution in [-0.4, -0.2) is 27.2 Å². The highest BCUT2D eigenvalue weighted by Gasteiger charge is 2.13. The van der Waals surface area contributed by atoms with Crippen molar-refractivity contribution in [1.82, 2.24) is 9.55 Å². The Morgan fingerprint density at radius 1 is 0.952 bits per heavy atom. The second kappa shape index (κ2) is 13.1. The van der Waals surface area contributed by atoms with E-state index in [0.29, 0.717) is 46.0 Å². The van der Waals surface area contributed by atoms with Gasteiger partial charge in [0.25, 0.3) is 0 Å². The molecule has 0 radical (unpaired) electrons. The SMILES string of the molecule is CCCOc1ccc(F)c(-c2ccc(C=Cc3nc(-c4ccc(Cl)cc4Cl)cn3Cc3ccc(C(=O)O)cc3)cc2)c1. The summed E-state index contributed by atoms with van der Waals surface area (Å²) in [5.41, 5.74) is 4.69. The van der Waals surface area contributed by atoms with E-state index >= 15 is 0 Å². The van der Waals surface area contributed by atoms with Crippen molar-refractivity contribution >= 4 is 41.3 Å². The van der Waals surface area contributed by atoms with E-state index in [1.807, 2.05) is 60.2 Å². The summed E-state index contributed by atoms with van der Waals surface area (Å²) in [6.07, 6.45) is 6.60. The molecule has 0 spiro atoms. The number of carbonyl (C=O) groups is 1. The lowest BCUT2D eigenvalue weighted by atomic mass is 10.0. The molecule has 0 saturated heterocycles. The molecule has 0 aliphatic heterocycles. The minimum atomic E-state index is -0.973. The second-order valence-corrected chi connectivity index (χ2v) is 10.5. The molecule has 1 aromatic heterocycles. The average Bonchev–Trinajstić information content (AvgIpc) is 3.38. The number of carboxylic acids is 1. The largest absolute Gasteiger partial charge is 0.494 e. The predicted molar refractivity (Wildman–Crippen MR) is 167 cm³/mol. The molecule has 8 heteroatoms. The summed E-state index contributed by atoms with van der Waals surface area (Å²) in [6.45, 7) is 3.06. The van der Waals surface area contributed by atoms with Crippen LogP contribution in [0.15, 0.2) is 91.1 Å². The number of ether oxygens (including phenoxy) is 1. The van der Waals surface area contributed by atoms with E-state index in [1.165, 1.54) is 6.07 Å². The molecule has 0 fully saturated rings. The third-order valence-corrected chi connectivity index (χ3v) is 7.17. The molecule has 5 nitrogen and oxygen atoms in total. The minimum Gasteiger partial charge on any atom is -0.494 e. The molecule has 4 aromatic carbocycles. The Hall–Kier alpha value is -4.39. The summed E-state index contributed by atoms with van der Waals surface area (Å²) < 4.78 is 22.2. The molecule has 0 saturated carbocycles. The number of carboxylic acid groups (broad SMARTS) is 1. The fourth-order valence-corrected chi connectivity index (χ4v) is 4.95. The quantitative estimate of drug-likeness (QED) is 0.173. The Morgan fingerprint density at radius 2 is 1.71 bits per heavy atom. The van der Waals surface area contributed by atoms with E-state index in [2.05, 4.69) is 0 Å². The van der Waals surface area contributed by atoms with Gasteiger partial charge in [0.2, 0.25) is 0 Å². The Morgan fingerprint density at radius 3 is 2.40 bits per heavy atom. The van der Waals surface area contributed by atoms with Crippen molar-refractivity contribution in [3.63, 3.8) is 0 Å². The van der Waals surface area contributed by atoms with E-state index < -0.39 is 5.97 Å². The molecular weight excluding hydrogens is 574 g/mol. The van der Waals surface area contributed by atoms with E-state index in [-0.39, 0.29) is 11.4 Å². The number of benzene rings is 4. The van der Waals surface area contributed by atoms with E-state index in [0.717, 1.165) is 28.7 Å². The third kappa shape index (κ3) is 6.90. The highest BCUT2D eigenvalue weighted by atomic mass is 35.5. The lowest BCUT2D eigenvalue weighted by Gasteiger charge is -2.09. The number of halogens is 3. The first-order chi connectivity index (χ1) is 20.3. The van der Waals surface area contributed by atoms with Crippen LogP contribution in [0.25, 0.3) is 34.5 Å². The van der Waals surface area contributed by atoms with Crippen LogP contribution in [0, 0.1) is 5.82 Å². The van der Waals surface area contributed by atoms with Crippen molar-refractivity contribution in [2.45, 2.75) is 19.9 Å². The summed E-state index contributed by atoms with van der Waals surface area (Å²) in [4.78, 5) is 16.1. The van der Waals surface area contributed by atoms with Gasteiger partial charge in [-0.05, 0) is 77.7 Å². The molecule has 1 N–H and O–H groups in total. The van der Waals surface area contributed by atoms with Crippen LogP contribution in [0.3, 0.4) is 0 Å². The lowest BCUT2D eigenvalue weighted by Crippen LogP contribution is -2.02. The van der Waals surface area contributed by atoms with E-state index in [9.17, 15) is 14.3 Å². The number of aromatic nitrogens is 2. The highest BCUT2D eigenvalue weighted by Crippen LogP contribution is 2.31. The van der Waals surface area contributed by atoms with Gasteiger partial charge < -0.3 is 14.4 Å². The zero-order valence-electron chi connectivity index (χ0n) is 22.7. The van der Waals surface area contributed by atoms with Crippen LogP contribution in [-0.2, 0) is 6.54 Å². The van der Waals surface area contributed by atoms with Crippen molar-refractivity contribution in [2.24, 2.45) is 0 Å². The molecule has 0 aliphatic rings. The number of hydrogen-bond donors (Lipinski definition) is 1. The number of aromatic carboxylic acids is 1. The zero-order chi connectivity index (χ0) is 29.6. The van der Waals surface area contributed by atoms with Crippen molar-refractivity contribution in [2.75, 3.05) is 6.61 Å². The van der Waals surface area contributed by atoms with Crippen LogP contribution >= 0.6 is 23.2 Å². The van der Waals surface area contributed by atoms with Crippen molar-refractivity contribution in [1.29, 1.82) is 0 Å². The number of hydrogen-bond acceptors (Lipinski definition) is 3. The highest BCUT2D eigenvalue weighted by molar-refractivity contribution is 6.36. The van der Waals surface area contributed by atoms with Gasteiger partial charge in [0, 0.05) is 28.9 Å². The Balaban J connectivity index is 1.43. The molecule has 42 heavy (non-hydrogen) atoms. The van der Waals surface area contributed by atoms with Crippen LogP contribution < -0.4 is 4.74 Å². The molecular formula is C34H27Cl2FN2O3. The Kier molecular flexibility index (Phi) is 9.06. The molecule has 212 valence electrons. The molecule has 1 heterocycles. The first-order valence-corrected chi connectivity index (χ1v) is 14.1. The normalized spacial score (nSPS) is 11.2. The van der Waals surface area contributed by atoms with Gasteiger partial charge in [-0.2, -0.15) is 0 Å². The van der Waals surface area contributed by atoms with Gasteiger partial charge in [0.15, 0.2) is 0 Å². The maximum absolute atomic E-state index is 14.6. The van der Waals surface area contributed by atoms with Gasteiger partial charge in [-0.25, -0.2) is 14.2 Å². The van der Waals surface area contributed by atoms with E-state index in [1.54, 1.807) is 48.5 Å². The van der Waals surface area contributed by atoms with Gasteiger partial charge in [-0.1, -0.05) is 72.6 Å². The summed E-state index contributed by atoms with van der Waals surface area (Å²) >= 11 is 12.6. The molecule has 0 amide bonds. The minimum absolute atomic E-state index is 0.224. The second-order valence-electron chi connectivity index (χ2n) is 9.68. The van der Waals surface area contributed by atoms with Crippen LogP contribution in [0.4, 0.5) is 4.39 Å². The van der Waals surface area contributed by atoms with Crippen LogP contribution in [0.2, 0.25) is 10.0 Å². The topological polar surface area (TPSA) is 64.4 Å². The maximum atomic E-state index is 14.6. The van der Waals surface area contributed by atoms with Gasteiger partial charge in [-0.3, -0.25) is 0 Å². The molecule has 0 unspecified atom stereocenters. The molecule has 0 aliphatic carbocycles. The summed E-state index contributed by atoms with van der Waals surface area (Å²) in [5, 5.41) is 10.3. The molecule has 5 aromatic rings. The third-order valence-electron chi connectivity index (χ3n) is 6.63. The summed E-state index contributed by atoms with van der Waals surface area (Å²) in [6, 6.07) is 24.4. The lowest BCUT2D eigenvalue weighted by molar-refractivity contribution is 0.0697. The monoisotopic (exact) mass is 600 g/mol. The maximum Gasteiger partial charge on any atom is 0.335 e. The number of imidazole rings is 1. The van der Waals surface area contributed by atoms with E-state index in [4.69, 9.17) is 32.9 Å². The number of nitrogens with zero attached hydrogens (tertiary/aromatic N) is 2. The van der Waals surface area contributed by atoms with Crippen molar-refractivity contribution in [3.8, 4) is 28.1 Å². The molecule has 5 rings (SSSR count). The van der Waals surface area contributed by atoms with Crippen molar-refractivity contribution in [3.05, 3.63) is 130 Å².